The van der Waals surface area contributed by atoms with Crippen LogP contribution in [0.15, 0.2) is 29.2 Å². The molecule has 10 heteroatoms. The first-order chi connectivity index (χ1) is 14.5. The van der Waals surface area contributed by atoms with Gasteiger partial charge in [-0.15, -0.1) is 0 Å². The fourth-order valence-electron chi connectivity index (χ4n) is 3.59. The highest BCUT2D eigenvalue weighted by atomic mass is 35.5. The average Bonchev–Trinajstić information content (AvgIpc) is 3.01. The predicted octanol–water partition coefficient (Wildman–Crippen LogP) is 3.00. The number of piperazine rings is 1. The molecule has 0 atom stereocenters. The van der Waals surface area contributed by atoms with Gasteiger partial charge in [0.05, 0.1) is 16.6 Å². The van der Waals surface area contributed by atoms with E-state index in [1.807, 2.05) is 0 Å². The SMILES string of the molecule is Cc1[nH]c(C(=O)N2CCN(S(=O)(=O)c3ccc(Cl)cc3)CC2)c(C)c1C(=O)OC(C)C. The van der Waals surface area contributed by atoms with Crippen LogP contribution < -0.4 is 0 Å². The molecule has 1 aromatic heterocycles. The number of halogens is 1. The first kappa shape index (κ1) is 23.3. The number of amides is 1. The Labute approximate surface area is 187 Å². The molecule has 3 rings (SSSR count). The summed E-state index contributed by atoms with van der Waals surface area (Å²) in [6.07, 6.45) is -0.268. The normalized spacial score (nSPS) is 15.4. The maximum absolute atomic E-state index is 13.1. The van der Waals surface area contributed by atoms with Gasteiger partial charge in [-0.1, -0.05) is 11.6 Å². The van der Waals surface area contributed by atoms with Crippen LogP contribution in [-0.4, -0.2) is 66.8 Å². The lowest BCUT2D eigenvalue weighted by molar-refractivity contribution is 0.0376. The number of aromatic amines is 1. The number of carbonyl (C=O) groups is 2. The van der Waals surface area contributed by atoms with Gasteiger partial charge in [0.1, 0.15) is 5.69 Å². The lowest BCUT2D eigenvalue weighted by atomic mass is 10.1. The second kappa shape index (κ2) is 9.02. The van der Waals surface area contributed by atoms with E-state index in [4.69, 9.17) is 16.3 Å². The van der Waals surface area contributed by atoms with Crippen LogP contribution in [0, 0.1) is 13.8 Å². The van der Waals surface area contributed by atoms with Crippen molar-refractivity contribution in [2.24, 2.45) is 0 Å². The molecule has 2 heterocycles. The van der Waals surface area contributed by atoms with Gasteiger partial charge in [-0.25, -0.2) is 13.2 Å². The number of esters is 1. The molecule has 1 saturated heterocycles. The molecule has 8 nitrogen and oxygen atoms in total. The number of nitrogens with zero attached hydrogens (tertiary/aromatic N) is 2. The number of benzene rings is 1. The van der Waals surface area contributed by atoms with E-state index in [0.717, 1.165) is 0 Å². The van der Waals surface area contributed by atoms with Gasteiger partial charge in [0.25, 0.3) is 5.91 Å². The molecule has 0 aliphatic carbocycles. The minimum absolute atomic E-state index is 0.167. The Morgan fingerprint density at radius 3 is 2.19 bits per heavy atom. The molecule has 31 heavy (non-hydrogen) atoms. The second-order valence-corrected chi connectivity index (χ2v) is 10.1. The Bertz CT molecular complexity index is 1080. The maximum atomic E-state index is 13.1. The van der Waals surface area contributed by atoms with Gasteiger partial charge < -0.3 is 14.6 Å². The molecule has 1 fully saturated rings. The molecule has 0 saturated carbocycles. The summed E-state index contributed by atoms with van der Waals surface area (Å²) in [4.78, 5) is 30.2. The number of hydrogen-bond donors (Lipinski definition) is 1. The third-order valence-corrected chi connectivity index (χ3v) is 7.34. The highest BCUT2D eigenvalue weighted by Crippen LogP contribution is 2.23. The Balaban J connectivity index is 1.72. The van der Waals surface area contributed by atoms with Crippen molar-refractivity contribution in [1.82, 2.24) is 14.2 Å². The van der Waals surface area contributed by atoms with Gasteiger partial charge in [0.15, 0.2) is 0 Å². The van der Waals surface area contributed by atoms with E-state index >= 15 is 0 Å². The van der Waals surface area contributed by atoms with Gasteiger partial charge in [0.2, 0.25) is 10.0 Å². The van der Waals surface area contributed by atoms with E-state index in [0.29, 0.717) is 27.5 Å². The standard InChI is InChI=1S/C21H26ClN3O5S/c1-13(2)30-21(27)18-14(3)19(23-15(18)4)20(26)24-9-11-25(12-10-24)31(28,29)17-7-5-16(22)6-8-17/h5-8,13,23H,9-12H2,1-4H3. The van der Waals surface area contributed by atoms with Crippen LogP contribution in [0.4, 0.5) is 0 Å². The molecular formula is C21H26ClN3O5S. The number of ether oxygens (including phenoxy) is 1. The number of H-pyrrole nitrogens is 1. The summed E-state index contributed by atoms with van der Waals surface area (Å²) < 4.78 is 32.3. The number of sulfonamides is 1. The van der Waals surface area contributed by atoms with Gasteiger partial charge >= 0.3 is 5.97 Å². The lowest BCUT2D eigenvalue weighted by Crippen LogP contribution is -2.50. The molecule has 0 unspecified atom stereocenters. The molecule has 1 aromatic carbocycles. The van der Waals surface area contributed by atoms with Crippen LogP contribution in [0.2, 0.25) is 5.02 Å². The van der Waals surface area contributed by atoms with Crippen LogP contribution in [-0.2, 0) is 14.8 Å². The summed E-state index contributed by atoms with van der Waals surface area (Å²) in [5.41, 5.74) is 1.78. The molecule has 2 aromatic rings. The van der Waals surface area contributed by atoms with E-state index in [1.54, 1.807) is 32.6 Å². The second-order valence-electron chi connectivity index (χ2n) is 7.73. The summed E-state index contributed by atoms with van der Waals surface area (Å²) >= 11 is 5.84. The molecule has 0 spiro atoms. The Hall–Kier alpha value is -2.36. The smallest absolute Gasteiger partial charge is 0.340 e. The Morgan fingerprint density at radius 2 is 1.65 bits per heavy atom. The molecule has 0 bridgehead atoms. The van der Waals surface area contributed by atoms with Gasteiger partial charge in [0, 0.05) is 36.9 Å². The van der Waals surface area contributed by atoms with E-state index < -0.39 is 16.0 Å². The fourth-order valence-corrected chi connectivity index (χ4v) is 5.14. The van der Waals surface area contributed by atoms with E-state index in [2.05, 4.69) is 4.98 Å². The van der Waals surface area contributed by atoms with Crippen molar-refractivity contribution < 1.29 is 22.7 Å². The van der Waals surface area contributed by atoms with Gasteiger partial charge in [-0.3, -0.25) is 4.79 Å². The summed E-state index contributed by atoms with van der Waals surface area (Å²) in [5, 5.41) is 0.461. The maximum Gasteiger partial charge on any atom is 0.340 e. The van der Waals surface area contributed by atoms with Crippen molar-refractivity contribution >= 4 is 33.5 Å². The van der Waals surface area contributed by atoms with Crippen molar-refractivity contribution in [2.75, 3.05) is 26.2 Å². The summed E-state index contributed by atoms with van der Waals surface area (Å²) in [5.74, 6) is -0.744. The van der Waals surface area contributed by atoms with Crippen LogP contribution in [0.5, 0.6) is 0 Å². The minimum Gasteiger partial charge on any atom is -0.459 e. The zero-order chi connectivity index (χ0) is 22.9. The number of nitrogens with one attached hydrogen (secondary N) is 1. The first-order valence-corrected chi connectivity index (χ1v) is 11.8. The van der Waals surface area contributed by atoms with Crippen molar-refractivity contribution in [1.29, 1.82) is 0 Å². The zero-order valence-electron chi connectivity index (χ0n) is 17.9. The van der Waals surface area contributed by atoms with E-state index in [9.17, 15) is 18.0 Å². The largest absolute Gasteiger partial charge is 0.459 e. The van der Waals surface area contributed by atoms with Crippen molar-refractivity contribution in [3.8, 4) is 0 Å². The van der Waals surface area contributed by atoms with Crippen molar-refractivity contribution in [3.05, 3.63) is 51.8 Å². The highest BCUT2D eigenvalue weighted by molar-refractivity contribution is 7.89. The third kappa shape index (κ3) is 4.78. The predicted molar refractivity (Wildman–Crippen MR) is 117 cm³/mol. The van der Waals surface area contributed by atoms with Crippen LogP contribution >= 0.6 is 11.6 Å². The highest BCUT2D eigenvalue weighted by Gasteiger charge is 2.32. The monoisotopic (exact) mass is 467 g/mol. The quantitative estimate of drug-likeness (QED) is 0.681. The van der Waals surface area contributed by atoms with Crippen LogP contribution in [0.3, 0.4) is 0 Å². The molecule has 0 radical (unpaired) electrons. The number of aryl methyl sites for hydroxylation is 1. The first-order valence-electron chi connectivity index (χ1n) is 9.97. The number of rotatable bonds is 5. The van der Waals surface area contributed by atoms with Crippen molar-refractivity contribution in [3.63, 3.8) is 0 Å². The Kier molecular flexibility index (Phi) is 6.78. The van der Waals surface area contributed by atoms with Crippen LogP contribution in [0.25, 0.3) is 0 Å². The number of aromatic nitrogens is 1. The molecule has 1 aliphatic rings. The topological polar surface area (TPSA) is 99.8 Å². The summed E-state index contributed by atoms with van der Waals surface area (Å²) in [6, 6.07) is 6.01. The molecule has 1 aliphatic heterocycles. The molecule has 1 N–H and O–H groups in total. The molecule has 1 amide bonds. The fraction of sp³-hybridized carbons (Fsp3) is 0.429. The van der Waals surface area contributed by atoms with Crippen molar-refractivity contribution in [2.45, 2.75) is 38.7 Å². The summed E-state index contributed by atoms with van der Waals surface area (Å²) in [7, 11) is -3.66. The summed E-state index contributed by atoms with van der Waals surface area (Å²) in [6.45, 7) is 7.79. The third-order valence-electron chi connectivity index (χ3n) is 5.18. The number of hydrogen-bond acceptors (Lipinski definition) is 5. The van der Waals surface area contributed by atoms with Gasteiger partial charge in [-0.2, -0.15) is 4.31 Å². The van der Waals surface area contributed by atoms with E-state index in [-0.39, 0.29) is 43.1 Å². The van der Waals surface area contributed by atoms with Gasteiger partial charge in [-0.05, 0) is 57.5 Å². The Morgan fingerprint density at radius 1 is 1.06 bits per heavy atom. The lowest BCUT2D eigenvalue weighted by Gasteiger charge is -2.34. The van der Waals surface area contributed by atoms with Crippen LogP contribution in [0.1, 0.15) is 46.0 Å². The molecule has 168 valence electrons. The zero-order valence-corrected chi connectivity index (χ0v) is 19.5. The molecular weight excluding hydrogens is 442 g/mol. The minimum atomic E-state index is -3.66. The average molecular weight is 468 g/mol. The van der Waals surface area contributed by atoms with E-state index in [1.165, 1.54) is 28.6 Å². The number of carbonyl (C=O) groups excluding carboxylic acids is 2.